The van der Waals surface area contributed by atoms with Crippen LogP contribution in [0.4, 0.5) is 5.69 Å². The lowest BCUT2D eigenvalue weighted by molar-refractivity contribution is 0.614. The van der Waals surface area contributed by atoms with E-state index in [1.165, 1.54) is 36.9 Å². The molecule has 0 heterocycles. The van der Waals surface area contributed by atoms with Crippen molar-refractivity contribution in [2.75, 3.05) is 25.5 Å². The van der Waals surface area contributed by atoms with Gasteiger partial charge in [-0.1, -0.05) is 25.0 Å². The number of nitrogens with one attached hydrogen (secondary N) is 2. The summed E-state index contributed by atoms with van der Waals surface area (Å²) in [5.41, 5.74) is 2.46. The van der Waals surface area contributed by atoms with Crippen molar-refractivity contribution < 1.29 is 0 Å². The van der Waals surface area contributed by atoms with Gasteiger partial charge in [-0.2, -0.15) is 0 Å². The molecule has 0 saturated heterocycles. The van der Waals surface area contributed by atoms with Crippen LogP contribution in [0.15, 0.2) is 29.3 Å². The van der Waals surface area contributed by atoms with Crippen molar-refractivity contribution in [2.24, 2.45) is 4.99 Å². The van der Waals surface area contributed by atoms with Crippen LogP contribution in [0.25, 0.3) is 0 Å². The van der Waals surface area contributed by atoms with Crippen LogP contribution in [-0.2, 0) is 6.54 Å². The van der Waals surface area contributed by atoms with Crippen molar-refractivity contribution >= 4 is 11.6 Å². The van der Waals surface area contributed by atoms with E-state index in [2.05, 4.69) is 60.8 Å². The van der Waals surface area contributed by atoms with Crippen molar-refractivity contribution in [2.45, 2.75) is 45.2 Å². The lowest BCUT2D eigenvalue weighted by Crippen LogP contribution is -2.42. The Bertz CT molecular complexity index is 462. The average Bonchev–Trinajstić information content (AvgIpc) is 2.98. The molecule has 0 unspecified atom stereocenters. The summed E-state index contributed by atoms with van der Waals surface area (Å²) in [6.07, 6.45) is 5.20. The molecule has 0 radical (unpaired) electrons. The molecule has 2 N–H and O–H groups in total. The van der Waals surface area contributed by atoms with E-state index in [9.17, 15) is 0 Å². The molecular weight excluding hydrogens is 260 g/mol. The van der Waals surface area contributed by atoms with Crippen LogP contribution < -0.4 is 15.5 Å². The van der Waals surface area contributed by atoms with E-state index < -0.39 is 0 Å². The number of aliphatic imine (C=N–C) groups is 1. The predicted octanol–water partition coefficient (Wildman–Crippen LogP) is 2.75. The zero-order chi connectivity index (χ0) is 15.1. The topological polar surface area (TPSA) is 39.7 Å². The van der Waals surface area contributed by atoms with Crippen LogP contribution >= 0.6 is 0 Å². The molecule has 1 aliphatic rings. The Labute approximate surface area is 128 Å². The first-order chi connectivity index (χ1) is 10.2. The van der Waals surface area contributed by atoms with Crippen LogP contribution in [0.1, 0.15) is 38.2 Å². The van der Waals surface area contributed by atoms with Gasteiger partial charge in [0.15, 0.2) is 5.96 Å². The van der Waals surface area contributed by atoms with E-state index in [0.717, 1.165) is 12.5 Å². The van der Waals surface area contributed by atoms with E-state index >= 15 is 0 Å². The van der Waals surface area contributed by atoms with Gasteiger partial charge in [0, 0.05) is 32.4 Å². The zero-order valence-electron chi connectivity index (χ0n) is 13.5. The van der Waals surface area contributed by atoms with Crippen molar-refractivity contribution in [3.63, 3.8) is 0 Å². The Balaban J connectivity index is 1.99. The van der Waals surface area contributed by atoms with Gasteiger partial charge in [-0.3, -0.25) is 0 Å². The molecule has 0 bridgehead atoms. The van der Waals surface area contributed by atoms with E-state index in [1.807, 2.05) is 0 Å². The molecular formula is C17H28N4. The third-order valence-corrected chi connectivity index (χ3v) is 3.89. The van der Waals surface area contributed by atoms with Crippen molar-refractivity contribution in [1.29, 1.82) is 0 Å². The second-order valence-corrected chi connectivity index (χ2v) is 5.89. The molecule has 0 atom stereocenters. The minimum absolute atomic E-state index is 0.593. The third kappa shape index (κ3) is 4.96. The molecule has 1 saturated carbocycles. The normalized spacial score (nSPS) is 16.0. The highest BCUT2D eigenvalue weighted by molar-refractivity contribution is 5.80. The number of nitrogens with zero attached hydrogens (tertiary/aromatic N) is 2. The standard InChI is InChI=1S/C17H28N4/c1-4-18-17(20-15-9-5-6-10-15)19-13-14-8-7-11-16(12-14)21(2)3/h7-8,11-12,15H,4-6,9-10,13H2,1-3H3,(H2,18,19,20). The number of anilines is 1. The minimum Gasteiger partial charge on any atom is -0.378 e. The van der Waals surface area contributed by atoms with Gasteiger partial charge in [-0.25, -0.2) is 4.99 Å². The fraction of sp³-hybridized carbons (Fsp3) is 0.588. The van der Waals surface area contributed by atoms with Crippen LogP contribution in [0.2, 0.25) is 0 Å². The quantitative estimate of drug-likeness (QED) is 0.646. The number of hydrogen-bond donors (Lipinski definition) is 2. The summed E-state index contributed by atoms with van der Waals surface area (Å²) in [6, 6.07) is 9.14. The summed E-state index contributed by atoms with van der Waals surface area (Å²) < 4.78 is 0. The van der Waals surface area contributed by atoms with Crippen molar-refractivity contribution in [3.8, 4) is 0 Å². The van der Waals surface area contributed by atoms with Gasteiger partial charge < -0.3 is 15.5 Å². The summed E-state index contributed by atoms with van der Waals surface area (Å²) in [6.45, 7) is 3.72. The second kappa shape index (κ2) is 7.91. The van der Waals surface area contributed by atoms with Crippen LogP contribution in [-0.4, -0.2) is 32.6 Å². The fourth-order valence-electron chi connectivity index (χ4n) is 2.69. The van der Waals surface area contributed by atoms with Gasteiger partial charge in [-0.15, -0.1) is 0 Å². The highest BCUT2D eigenvalue weighted by atomic mass is 15.2. The van der Waals surface area contributed by atoms with Crippen molar-refractivity contribution in [3.05, 3.63) is 29.8 Å². The Morgan fingerprint density at radius 2 is 2.05 bits per heavy atom. The highest BCUT2D eigenvalue weighted by Crippen LogP contribution is 2.17. The molecule has 0 spiro atoms. The average molecular weight is 288 g/mol. The van der Waals surface area contributed by atoms with E-state index in [4.69, 9.17) is 4.99 Å². The minimum atomic E-state index is 0.593. The lowest BCUT2D eigenvalue weighted by Gasteiger charge is -2.17. The molecule has 1 fully saturated rings. The lowest BCUT2D eigenvalue weighted by atomic mass is 10.2. The fourth-order valence-corrected chi connectivity index (χ4v) is 2.69. The Morgan fingerprint density at radius 1 is 1.29 bits per heavy atom. The number of benzene rings is 1. The maximum Gasteiger partial charge on any atom is 0.191 e. The first-order valence-corrected chi connectivity index (χ1v) is 8.00. The van der Waals surface area contributed by atoms with Gasteiger partial charge in [0.25, 0.3) is 0 Å². The van der Waals surface area contributed by atoms with E-state index in [0.29, 0.717) is 12.6 Å². The van der Waals surface area contributed by atoms with Crippen LogP contribution in [0, 0.1) is 0 Å². The second-order valence-electron chi connectivity index (χ2n) is 5.89. The van der Waals surface area contributed by atoms with Crippen LogP contribution in [0.5, 0.6) is 0 Å². The maximum atomic E-state index is 4.72. The van der Waals surface area contributed by atoms with Crippen molar-refractivity contribution in [1.82, 2.24) is 10.6 Å². The van der Waals surface area contributed by atoms with E-state index in [1.54, 1.807) is 0 Å². The smallest absolute Gasteiger partial charge is 0.191 e. The predicted molar refractivity (Wildman–Crippen MR) is 91.0 cm³/mol. The molecule has 1 aliphatic carbocycles. The molecule has 21 heavy (non-hydrogen) atoms. The molecule has 2 rings (SSSR count). The number of rotatable bonds is 5. The summed E-state index contributed by atoms with van der Waals surface area (Å²) in [7, 11) is 4.13. The highest BCUT2D eigenvalue weighted by Gasteiger charge is 2.15. The largest absolute Gasteiger partial charge is 0.378 e. The molecule has 1 aromatic rings. The molecule has 4 heteroatoms. The van der Waals surface area contributed by atoms with Gasteiger partial charge in [0.1, 0.15) is 0 Å². The molecule has 0 aliphatic heterocycles. The monoisotopic (exact) mass is 288 g/mol. The molecule has 0 amide bonds. The summed E-state index contributed by atoms with van der Waals surface area (Å²) in [4.78, 5) is 6.84. The first-order valence-electron chi connectivity index (χ1n) is 8.00. The van der Waals surface area contributed by atoms with Gasteiger partial charge in [0.05, 0.1) is 6.54 Å². The molecule has 4 nitrogen and oxygen atoms in total. The third-order valence-electron chi connectivity index (χ3n) is 3.89. The van der Waals surface area contributed by atoms with Crippen LogP contribution in [0.3, 0.4) is 0 Å². The molecule has 116 valence electrons. The van der Waals surface area contributed by atoms with Gasteiger partial charge in [0.2, 0.25) is 0 Å². The maximum absolute atomic E-state index is 4.72. The summed E-state index contributed by atoms with van der Waals surface area (Å²) >= 11 is 0. The molecule has 0 aromatic heterocycles. The number of guanidine groups is 1. The summed E-state index contributed by atoms with van der Waals surface area (Å²) in [5.74, 6) is 0.944. The summed E-state index contributed by atoms with van der Waals surface area (Å²) in [5, 5.41) is 6.90. The first kappa shape index (κ1) is 15.7. The van der Waals surface area contributed by atoms with E-state index in [-0.39, 0.29) is 0 Å². The SMILES string of the molecule is CCNC(=NCc1cccc(N(C)C)c1)NC1CCCC1. The Kier molecular flexibility index (Phi) is 5.90. The zero-order valence-corrected chi connectivity index (χ0v) is 13.5. The Morgan fingerprint density at radius 3 is 2.71 bits per heavy atom. The van der Waals surface area contributed by atoms with Gasteiger partial charge in [-0.05, 0) is 37.5 Å². The molecule has 1 aromatic carbocycles. The van der Waals surface area contributed by atoms with Gasteiger partial charge >= 0.3 is 0 Å². The number of hydrogen-bond acceptors (Lipinski definition) is 2. The Hall–Kier alpha value is -1.71.